The number of ether oxygens (including phenoxy) is 2. The van der Waals surface area contributed by atoms with Gasteiger partial charge in [0, 0.05) is 29.8 Å². The molecule has 0 fully saturated rings. The number of rotatable bonds is 3. The molecule has 0 spiro atoms. The van der Waals surface area contributed by atoms with E-state index in [0.717, 1.165) is 6.42 Å². The molecule has 132 valence electrons. The van der Waals surface area contributed by atoms with Gasteiger partial charge < -0.3 is 19.3 Å². The highest BCUT2D eigenvalue weighted by molar-refractivity contribution is 6.02. The fourth-order valence-electron chi connectivity index (χ4n) is 2.60. The van der Waals surface area contributed by atoms with Crippen LogP contribution >= 0.6 is 0 Å². The summed E-state index contributed by atoms with van der Waals surface area (Å²) in [6.07, 6.45) is 0.803. The van der Waals surface area contributed by atoms with Crippen LogP contribution in [0.2, 0.25) is 0 Å². The summed E-state index contributed by atoms with van der Waals surface area (Å²) in [6, 6.07) is 12.5. The third kappa shape index (κ3) is 3.37. The topological polar surface area (TPSA) is 73.6 Å². The Hall–Kier alpha value is -3.35. The van der Waals surface area contributed by atoms with Gasteiger partial charge >= 0.3 is 0 Å². The molecule has 1 N–H and O–H groups in total. The normalized spacial score (nSPS) is 13.1. The fourth-order valence-corrected chi connectivity index (χ4v) is 2.60. The number of benzene rings is 2. The number of nitrogens with one attached hydrogen (secondary N) is 1. The van der Waals surface area contributed by atoms with Crippen LogP contribution in [-0.4, -0.2) is 24.3 Å². The second kappa shape index (κ2) is 6.87. The Morgan fingerprint density at radius 2 is 1.88 bits per heavy atom. The summed E-state index contributed by atoms with van der Waals surface area (Å²) in [6.45, 7) is 1.16. The van der Waals surface area contributed by atoms with Crippen molar-refractivity contribution in [2.45, 2.75) is 6.42 Å². The van der Waals surface area contributed by atoms with Gasteiger partial charge in [-0.05, 0) is 24.3 Å². The third-order valence-electron chi connectivity index (χ3n) is 3.86. The Balaban J connectivity index is 1.51. The van der Waals surface area contributed by atoms with Gasteiger partial charge in [-0.3, -0.25) is 4.79 Å². The van der Waals surface area contributed by atoms with Crippen molar-refractivity contribution >= 4 is 11.6 Å². The SMILES string of the molecule is O=C(Nc1ccc2c(c1)OCCCO2)c1cc(-c2cccc(F)c2)no1. The van der Waals surface area contributed by atoms with Gasteiger partial charge in [-0.25, -0.2) is 4.39 Å². The predicted molar refractivity (Wildman–Crippen MR) is 91.9 cm³/mol. The molecule has 26 heavy (non-hydrogen) atoms. The number of aromatic nitrogens is 1. The zero-order valence-corrected chi connectivity index (χ0v) is 13.7. The summed E-state index contributed by atoms with van der Waals surface area (Å²) < 4.78 is 29.6. The average Bonchev–Trinajstić information content (AvgIpc) is 3.02. The molecule has 4 rings (SSSR count). The number of anilines is 1. The van der Waals surface area contributed by atoms with E-state index in [1.807, 2.05) is 0 Å². The van der Waals surface area contributed by atoms with E-state index in [9.17, 15) is 9.18 Å². The van der Waals surface area contributed by atoms with Crippen molar-refractivity contribution in [3.05, 3.63) is 60.1 Å². The molecule has 0 unspecified atom stereocenters. The lowest BCUT2D eigenvalue weighted by Gasteiger charge is -2.09. The standard InChI is InChI=1S/C19H15FN2O4/c20-13-4-1-3-12(9-13)15-11-18(26-22-15)19(23)21-14-5-6-16-17(10-14)25-8-2-7-24-16/h1,3-6,9-11H,2,7-8H2,(H,21,23). The van der Waals surface area contributed by atoms with Crippen molar-refractivity contribution in [2.75, 3.05) is 18.5 Å². The van der Waals surface area contributed by atoms with Gasteiger partial charge in [0.1, 0.15) is 11.5 Å². The van der Waals surface area contributed by atoms with Crippen LogP contribution in [0.3, 0.4) is 0 Å². The molecular weight excluding hydrogens is 339 g/mol. The second-order valence-corrected chi connectivity index (χ2v) is 5.75. The van der Waals surface area contributed by atoms with Gasteiger partial charge in [0.2, 0.25) is 5.76 Å². The predicted octanol–water partition coefficient (Wildman–Crippen LogP) is 3.89. The van der Waals surface area contributed by atoms with Crippen LogP contribution in [0.4, 0.5) is 10.1 Å². The molecule has 6 nitrogen and oxygen atoms in total. The Bertz CT molecular complexity index is 954. The van der Waals surface area contributed by atoms with E-state index < -0.39 is 5.91 Å². The molecule has 1 aliphatic heterocycles. The highest BCUT2D eigenvalue weighted by Crippen LogP contribution is 2.32. The number of nitrogens with zero attached hydrogens (tertiary/aromatic N) is 1. The van der Waals surface area contributed by atoms with E-state index in [-0.39, 0.29) is 11.6 Å². The monoisotopic (exact) mass is 354 g/mol. The number of amides is 1. The minimum Gasteiger partial charge on any atom is -0.490 e. The first-order chi connectivity index (χ1) is 12.7. The molecule has 0 atom stereocenters. The highest BCUT2D eigenvalue weighted by atomic mass is 19.1. The number of halogens is 1. The van der Waals surface area contributed by atoms with Crippen molar-refractivity contribution in [1.29, 1.82) is 0 Å². The quantitative estimate of drug-likeness (QED) is 0.772. The first-order valence-corrected chi connectivity index (χ1v) is 8.13. The molecule has 2 heterocycles. The number of carbonyl (C=O) groups excluding carboxylic acids is 1. The van der Waals surface area contributed by atoms with Gasteiger partial charge in [-0.1, -0.05) is 17.3 Å². The molecule has 0 saturated carbocycles. The second-order valence-electron chi connectivity index (χ2n) is 5.75. The average molecular weight is 354 g/mol. The first kappa shape index (κ1) is 16.1. The van der Waals surface area contributed by atoms with Crippen molar-refractivity contribution in [3.63, 3.8) is 0 Å². The number of fused-ring (bicyclic) bond motifs is 1. The van der Waals surface area contributed by atoms with Gasteiger partial charge in [0.25, 0.3) is 5.91 Å². The van der Waals surface area contributed by atoms with Crippen molar-refractivity contribution in [2.24, 2.45) is 0 Å². The maximum absolute atomic E-state index is 13.3. The molecule has 1 aromatic heterocycles. The lowest BCUT2D eigenvalue weighted by molar-refractivity contribution is 0.0988. The van der Waals surface area contributed by atoms with Gasteiger partial charge in [-0.15, -0.1) is 0 Å². The summed E-state index contributed by atoms with van der Waals surface area (Å²) in [4.78, 5) is 12.4. The molecule has 0 radical (unpaired) electrons. The lowest BCUT2D eigenvalue weighted by atomic mass is 10.1. The van der Waals surface area contributed by atoms with Crippen LogP contribution in [-0.2, 0) is 0 Å². The Morgan fingerprint density at radius 1 is 1.04 bits per heavy atom. The smallest absolute Gasteiger partial charge is 0.294 e. The van der Waals surface area contributed by atoms with Crippen LogP contribution in [0.1, 0.15) is 17.0 Å². The van der Waals surface area contributed by atoms with Crippen LogP contribution in [0, 0.1) is 5.82 Å². The summed E-state index contributed by atoms with van der Waals surface area (Å²) in [5.41, 5.74) is 1.46. The Labute approximate surface area is 148 Å². The minimum absolute atomic E-state index is 0.0244. The molecule has 0 bridgehead atoms. The Kier molecular flexibility index (Phi) is 4.27. The zero-order valence-electron chi connectivity index (χ0n) is 13.7. The van der Waals surface area contributed by atoms with E-state index in [1.165, 1.54) is 18.2 Å². The van der Waals surface area contributed by atoms with E-state index in [2.05, 4.69) is 10.5 Å². The zero-order chi connectivity index (χ0) is 17.9. The van der Waals surface area contributed by atoms with Crippen LogP contribution < -0.4 is 14.8 Å². The van der Waals surface area contributed by atoms with Gasteiger partial charge in [0.05, 0.1) is 13.2 Å². The maximum Gasteiger partial charge on any atom is 0.294 e. The molecule has 0 saturated heterocycles. The van der Waals surface area contributed by atoms with Crippen molar-refractivity contribution in [1.82, 2.24) is 5.16 Å². The molecule has 1 amide bonds. The molecular formula is C19H15FN2O4. The molecule has 2 aromatic carbocycles. The largest absolute Gasteiger partial charge is 0.490 e. The highest BCUT2D eigenvalue weighted by Gasteiger charge is 2.16. The molecule has 1 aliphatic rings. The fraction of sp³-hybridized carbons (Fsp3) is 0.158. The molecule has 3 aromatic rings. The van der Waals surface area contributed by atoms with Crippen molar-refractivity contribution in [3.8, 4) is 22.8 Å². The van der Waals surface area contributed by atoms with Gasteiger partial charge in [-0.2, -0.15) is 0 Å². The van der Waals surface area contributed by atoms with E-state index in [4.69, 9.17) is 14.0 Å². The van der Waals surface area contributed by atoms with Crippen LogP contribution in [0.15, 0.2) is 53.1 Å². The molecule has 7 heteroatoms. The number of hydrogen-bond acceptors (Lipinski definition) is 5. The summed E-state index contributed by atoms with van der Waals surface area (Å²) in [5, 5.41) is 6.55. The van der Waals surface area contributed by atoms with E-state index >= 15 is 0 Å². The third-order valence-corrected chi connectivity index (χ3v) is 3.86. The lowest BCUT2D eigenvalue weighted by Crippen LogP contribution is -2.11. The summed E-state index contributed by atoms with van der Waals surface area (Å²) in [5.74, 6) is 0.404. The summed E-state index contributed by atoms with van der Waals surface area (Å²) >= 11 is 0. The maximum atomic E-state index is 13.3. The van der Waals surface area contributed by atoms with Crippen LogP contribution in [0.25, 0.3) is 11.3 Å². The first-order valence-electron chi connectivity index (χ1n) is 8.13. The summed E-state index contributed by atoms with van der Waals surface area (Å²) in [7, 11) is 0. The molecule has 0 aliphatic carbocycles. The minimum atomic E-state index is -0.463. The van der Waals surface area contributed by atoms with Crippen LogP contribution in [0.5, 0.6) is 11.5 Å². The van der Waals surface area contributed by atoms with E-state index in [1.54, 1.807) is 30.3 Å². The van der Waals surface area contributed by atoms with Gasteiger partial charge in [0.15, 0.2) is 11.5 Å². The van der Waals surface area contributed by atoms with E-state index in [0.29, 0.717) is 41.7 Å². The Morgan fingerprint density at radius 3 is 2.73 bits per heavy atom. The number of carbonyl (C=O) groups is 1. The van der Waals surface area contributed by atoms with Crippen molar-refractivity contribution < 1.29 is 23.2 Å². The number of hydrogen-bond donors (Lipinski definition) is 1.